The van der Waals surface area contributed by atoms with Crippen LogP contribution in [0.25, 0.3) is 0 Å². The maximum absolute atomic E-state index is 12.1. The minimum Gasteiger partial charge on any atom is -0.356 e. The zero-order valence-corrected chi connectivity index (χ0v) is 28.3. The van der Waals surface area contributed by atoms with Crippen molar-refractivity contribution in [3.8, 4) is 0 Å². The molecule has 0 aromatic rings. The fraction of sp³-hybridized carbons (Fsp3) is 0.844. The first-order valence-corrected chi connectivity index (χ1v) is 17.2. The van der Waals surface area contributed by atoms with E-state index in [2.05, 4.69) is 24.5 Å². The Hall–Kier alpha value is -2.81. The molecule has 0 unspecified atom stereocenters. The van der Waals surface area contributed by atoms with Crippen molar-refractivity contribution in [1.29, 1.82) is 0 Å². The summed E-state index contributed by atoms with van der Waals surface area (Å²) in [6.45, 7) is 6.32. The Bertz CT molecular complexity index is 862. The Kier molecular flexibility index (Phi) is 26.7. The number of nitrogens with zero attached hydrogens (tertiary/aromatic N) is 3. The van der Waals surface area contributed by atoms with Gasteiger partial charge < -0.3 is 16.4 Å². The molecule has 14 heteroatoms. The van der Waals surface area contributed by atoms with Crippen molar-refractivity contribution in [2.24, 2.45) is 11.7 Å². The van der Waals surface area contributed by atoms with Gasteiger partial charge in [0.1, 0.15) is 0 Å². The highest BCUT2D eigenvalue weighted by molar-refractivity contribution is 5.83. The first kappa shape index (κ1) is 43.2. The van der Waals surface area contributed by atoms with Crippen molar-refractivity contribution in [2.75, 3.05) is 39.3 Å². The number of nitrogens with two attached hydrogens (primary N) is 1. The fourth-order valence-electron chi connectivity index (χ4n) is 4.52. The van der Waals surface area contributed by atoms with Gasteiger partial charge in [0.25, 0.3) is 0 Å². The second-order valence-electron chi connectivity index (χ2n) is 12.0. The number of carbonyl (C=O) groups excluding carboxylic acids is 5. The normalized spacial score (nSPS) is 11.5. The van der Waals surface area contributed by atoms with Gasteiger partial charge in [0.15, 0.2) is 0 Å². The van der Waals surface area contributed by atoms with Crippen LogP contribution < -0.4 is 16.4 Å². The number of carbonyl (C=O) groups is 5. The molecule has 1 atom stereocenters. The Morgan fingerprint density at radius 3 is 1.39 bits per heavy atom. The predicted octanol–water partition coefficient (Wildman–Crippen LogP) is 3.51. The highest BCUT2D eigenvalue weighted by atomic mass is 16.5. The van der Waals surface area contributed by atoms with E-state index in [9.17, 15) is 39.6 Å². The minimum atomic E-state index is -0.544. The van der Waals surface area contributed by atoms with E-state index < -0.39 is 11.8 Å². The lowest BCUT2D eigenvalue weighted by Gasteiger charge is -2.15. The highest BCUT2D eigenvalue weighted by Crippen LogP contribution is 2.13. The van der Waals surface area contributed by atoms with Crippen LogP contribution in [0, 0.1) is 5.92 Å². The maximum Gasteiger partial charge on any atom is 0.246 e. The summed E-state index contributed by atoms with van der Waals surface area (Å²) >= 11 is 0. The van der Waals surface area contributed by atoms with E-state index in [0.29, 0.717) is 80.6 Å². The molecule has 46 heavy (non-hydrogen) atoms. The lowest BCUT2D eigenvalue weighted by molar-refractivity contribution is -0.166. The van der Waals surface area contributed by atoms with E-state index in [1.807, 2.05) is 0 Å². The van der Waals surface area contributed by atoms with Crippen LogP contribution in [0.3, 0.4) is 0 Å². The van der Waals surface area contributed by atoms with Gasteiger partial charge in [-0.05, 0) is 70.3 Å². The second kappa shape index (κ2) is 28.4. The molecule has 268 valence electrons. The second-order valence-corrected chi connectivity index (χ2v) is 12.0. The summed E-state index contributed by atoms with van der Waals surface area (Å²) in [6.07, 6.45) is 10.2. The predicted molar refractivity (Wildman–Crippen MR) is 174 cm³/mol. The van der Waals surface area contributed by atoms with Gasteiger partial charge >= 0.3 is 0 Å². The van der Waals surface area contributed by atoms with Crippen molar-refractivity contribution in [2.45, 2.75) is 129 Å². The van der Waals surface area contributed by atoms with Crippen LogP contribution in [-0.2, 0) is 24.0 Å². The topological polar surface area (TPSA) is 206 Å². The van der Waals surface area contributed by atoms with E-state index >= 15 is 0 Å². The van der Waals surface area contributed by atoms with Gasteiger partial charge in [0.05, 0.1) is 0 Å². The summed E-state index contributed by atoms with van der Waals surface area (Å²) in [5.74, 6) is -1.22. The lowest BCUT2D eigenvalue weighted by Crippen LogP contribution is -2.31. The molecule has 0 rings (SSSR count). The van der Waals surface area contributed by atoms with Crippen molar-refractivity contribution < 1.29 is 39.6 Å². The van der Waals surface area contributed by atoms with Crippen LogP contribution >= 0.6 is 0 Å². The van der Waals surface area contributed by atoms with Crippen LogP contribution in [0.5, 0.6) is 0 Å². The number of hydroxylamine groups is 6. The average molecular weight is 659 g/mol. The first-order chi connectivity index (χ1) is 22.0. The van der Waals surface area contributed by atoms with Crippen molar-refractivity contribution >= 4 is 29.5 Å². The lowest BCUT2D eigenvalue weighted by atomic mass is 10.0. The third-order valence-corrected chi connectivity index (χ3v) is 7.84. The first-order valence-electron chi connectivity index (χ1n) is 17.2. The Balaban J connectivity index is 3.78. The van der Waals surface area contributed by atoms with Gasteiger partial charge in [0.2, 0.25) is 29.5 Å². The van der Waals surface area contributed by atoms with E-state index in [1.165, 1.54) is 0 Å². The molecule has 0 aliphatic carbocycles. The van der Waals surface area contributed by atoms with Crippen LogP contribution in [-0.4, -0.2) is 99.6 Å². The summed E-state index contributed by atoms with van der Waals surface area (Å²) in [4.78, 5) is 59.9. The van der Waals surface area contributed by atoms with Gasteiger partial charge in [-0.3, -0.25) is 39.6 Å². The van der Waals surface area contributed by atoms with E-state index in [1.54, 1.807) is 0 Å². The summed E-state index contributed by atoms with van der Waals surface area (Å²) in [5.41, 5.74) is 5.41. The SMILES string of the molecule is CC[C@H](C)CCCCC(=O)N(O)CCCCCNC(=O)CCC(=O)N(O)CCCCCNC(=O)CCC(=O)N(O)CCCCCN. The van der Waals surface area contributed by atoms with Gasteiger partial charge in [-0.1, -0.05) is 39.5 Å². The highest BCUT2D eigenvalue weighted by Gasteiger charge is 2.15. The molecule has 0 aromatic carbocycles. The van der Waals surface area contributed by atoms with E-state index in [-0.39, 0.29) is 63.0 Å². The molecule has 0 heterocycles. The summed E-state index contributed by atoms with van der Waals surface area (Å²) in [6, 6.07) is 0. The Labute approximate surface area is 275 Å². The molecule has 0 radical (unpaired) electrons. The smallest absolute Gasteiger partial charge is 0.246 e. The van der Waals surface area contributed by atoms with Crippen molar-refractivity contribution in [1.82, 2.24) is 25.8 Å². The zero-order valence-electron chi connectivity index (χ0n) is 28.3. The molecule has 0 saturated heterocycles. The van der Waals surface area contributed by atoms with Crippen LogP contribution in [0.15, 0.2) is 0 Å². The molecule has 0 saturated carbocycles. The minimum absolute atomic E-state index is 0.0191. The molecular weight excluding hydrogens is 596 g/mol. The van der Waals surface area contributed by atoms with E-state index in [0.717, 1.165) is 50.0 Å². The van der Waals surface area contributed by atoms with Crippen LogP contribution in [0.2, 0.25) is 0 Å². The molecule has 0 aromatic heterocycles. The Morgan fingerprint density at radius 1 is 0.565 bits per heavy atom. The molecule has 0 spiro atoms. The fourth-order valence-corrected chi connectivity index (χ4v) is 4.52. The monoisotopic (exact) mass is 658 g/mol. The number of rotatable bonds is 29. The van der Waals surface area contributed by atoms with Gasteiger partial charge in [-0.25, -0.2) is 15.2 Å². The molecular formula is C32H62N6O8. The maximum atomic E-state index is 12.1. The summed E-state index contributed by atoms with van der Waals surface area (Å²) in [5, 5.41) is 37.0. The van der Waals surface area contributed by atoms with Crippen LogP contribution in [0.1, 0.15) is 129 Å². The number of hydrogen-bond acceptors (Lipinski definition) is 9. The standard InChI is InChI=1S/C32H62N6O8/c1-3-27(2)15-7-8-16-30(41)36(44)25-13-5-10-22-34-29(40)18-20-32(43)38(46)26-14-6-11-23-35-28(39)17-19-31(42)37(45)24-12-4-9-21-33/h27,44-46H,3-26,33H2,1-2H3,(H,34,40)(H,35,39)/t27-/m0/s1. The molecule has 5 amide bonds. The summed E-state index contributed by atoms with van der Waals surface area (Å²) in [7, 11) is 0. The van der Waals surface area contributed by atoms with Crippen LogP contribution in [0.4, 0.5) is 0 Å². The largest absolute Gasteiger partial charge is 0.356 e. The zero-order chi connectivity index (χ0) is 34.6. The van der Waals surface area contributed by atoms with E-state index in [4.69, 9.17) is 5.73 Å². The molecule has 7 N–H and O–H groups in total. The summed E-state index contributed by atoms with van der Waals surface area (Å²) < 4.78 is 0. The molecule has 0 bridgehead atoms. The molecule has 14 nitrogen and oxygen atoms in total. The van der Waals surface area contributed by atoms with Crippen molar-refractivity contribution in [3.05, 3.63) is 0 Å². The average Bonchev–Trinajstić information content (AvgIpc) is 3.05. The quantitative estimate of drug-likeness (QED) is 0.0394. The number of unbranched alkanes of at least 4 members (excludes halogenated alkanes) is 7. The van der Waals surface area contributed by atoms with Crippen molar-refractivity contribution in [3.63, 3.8) is 0 Å². The third-order valence-electron chi connectivity index (χ3n) is 7.84. The molecule has 0 aliphatic heterocycles. The Morgan fingerprint density at radius 2 is 0.978 bits per heavy atom. The third kappa shape index (κ3) is 24.4. The number of amides is 5. The molecule has 0 fully saturated rings. The number of nitrogens with one attached hydrogen (secondary N) is 2. The van der Waals surface area contributed by atoms with Gasteiger partial charge in [-0.2, -0.15) is 0 Å². The van der Waals surface area contributed by atoms with Gasteiger partial charge in [-0.15, -0.1) is 0 Å². The molecule has 0 aliphatic rings. The number of hydrogen-bond donors (Lipinski definition) is 6. The van der Waals surface area contributed by atoms with Gasteiger partial charge in [0, 0.05) is 64.8 Å².